The lowest BCUT2D eigenvalue weighted by Gasteiger charge is -2.30. The molecule has 2 aliphatic heterocycles. The molecule has 1 amide bonds. The molecule has 3 fully saturated rings. The Hall–Kier alpha value is -0.570. The van der Waals surface area contributed by atoms with Crippen molar-refractivity contribution in [1.82, 2.24) is 9.80 Å². The van der Waals surface area contributed by atoms with E-state index in [0.29, 0.717) is 18.0 Å². The Morgan fingerprint density at radius 3 is 2.59 bits per heavy atom. The molecule has 1 aliphatic carbocycles. The number of rotatable bonds is 2. The van der Waals surface area contributed by atoms with Crippen molar-refractivity contribution < 1.29 is 4.79 Å². The SMILES string of the molecule is CN1CC2CC[C@H](CC1=O)N2CC1CCCC1. The highest BCUT2D eigenvalue weighted by Gasteiger charge is 2.40. The van der Waals surface area contributed by atoms with Crippen LogP contribution in [0, 0.1) is 5.92 Å². The van der Waals surface area contributed by atoms with E-state index in [9.17, 15) is 4.79 Å². The van der Waals surface area contributed by atoms with E-state index in [1.807, 2.05) is 11.9 Å². The third kappa shape index (κ3) is 2.22. The lowest BCUT2D eigenvalue weighted by molar-refractivity contribution is -0.130. The number of carbonyl (C=O) groups is 1. The summed E-state index contributed by atoms with van der Waals surface area (Å²) in [5, 5.41) is 0. The Kier molecular flexibility index (Phi) is 3.12. The van der Waals surface area contributed by atoms with Crippen LogP contribution in [0.4, 0.5) is 0 Å². The van der Waals surface area contributed by atoms with Crippen LogP contribution in [-0.2, 0) is 4.79 Å². The minimum Gasteiger partial charge on any atom is -0.344 e. The highest BCUT2D eigenvalue weighted by Crippen LogP contribution is 2.34. The van der Waals surface area contributed by atoms with Gasteiger partial charge in [0.05, 0.1) is 0 Å². The van der Waals surface area contributed by atoms with Crippen molar-refractivity contribution in [3.63, 3.8) is 0 Å². The fourth-order valence-corrected chi connectivity index (χ4v) is 3.99. The second-order valence-electron chi connectivity index (χ2n) is 6.21. The molecule has 0 N–H and O–H groups in total. The molecule has 17 heavy (non-hydrogen) atoms. The van der Waals surface area contributed by atoms with Gasteiger partial charge in [-0.15, -0.1) is 0 Å². The van der Waals surface area contributed by atoms with E-state index in [2.05, 4.69) is 4.90 Å². The summed E-state index contributed by atoms with van der Waals surface area (Å²) in [7, 11) is 1.97. The first-order valence-corrected chi connectivity index (χ1v) is 7.24. The molecule has 96 valence electrons. The average Bonchev–Trinajstić information content (AvgIpc) is 2.89. The summed E-state index contributed by atoms with van der Waals surface area (Å²) in [6, 6.07) is 1.20. The average molecular weight is 236 g/mol. The molecule has 2 bridgehead atoms. The van der Waals surface area contributed by atoms with Crippen LogP contribution in [0.15, 0.2) is 0 Å². The van der Waals surface area contributed by atoms with Crippen molar-refractivity contribution in [2.24, 2.45) is 5.92 Å². The van der Waals surface area contributed by atoms with E-state index in [4.69, 9.17) is 0 Å². The summed E-state index contributed by atoms with van der Waals surface area (Å²) >= 11 is 0. The highest BCUT2D eigenvalue weighted by atomic mass is 16.2. The van der Waals surface area contributed by atoms with Crippen LogP contribution in [-0.4, -0.2) is 47.9 Å². The second kappa shape index (κ2) is 4.60. The molecule has 0 spiro atoms. The van der Waals surface area contributed by atoms with Crippen molar-refractivity contribution >= 4 is 5.91 Å². The summed E-state index contributed by atoms with van der Waals surface area (Å²) < 4.78 is 0. The zero-order valence-electron chi connectivity index (χ0n) is 10.9. The first-order valence-electron chi connectivity index (χ1n) is 7.24. The number of likely N-dealkylation sites (N-methyl/N-ethyl adjacent to an activating group) is 1. The number of carbonyl (C=O) groups excluding carboxylic acids is 1. The Morgan fingerprint density at radius 2 is 1.82 bits per heavy atom. The minimum atomic E-state index is 0.355. The van der Waals surface area contributed by atoms with Crippen LogP contribution in [0.5, 0.6) is 0 Å². The fraction of sp³-hybridized carbons (Fsp3) is 0.929. The van der Waals surface area contributed by atoms with Gasteiger partial charge in [-0.1, -0.05) is 12.8 Å². The summed E-state index contributed by atoms with van der Waals surface area (Å²) in [5.41, 5.74) is 0. The molecule has 0 radical (unpaired) electrons. The third-order valence-corrected chi connectivity index (χ3v) is 5.04. The maximum absolute atomic E-state index is 11.9. The number of fused-ring (bicyclic) bond motifs is 2. The predicted octanol–water partition coefficient (Wildman–Crippen LogP) is 1.87. The van der Waals surface area contributed by atoms with E-state index >= 15 is 0 Å². The van der Waals surface area contributed by atoms with Crippen LogP contribution in [0.3, 0.4) is 0 Å². The Labute approximate surface area is 104 Å². The lowest BCUT2D eigenvalue weighted by Crippen LogP contribution is -2.41. The van der Waals surface area contributed by atoms with Crippen molar-refractivity contribution in [2.45, 2.75) is 57.0 Å². The quantitative estimate of drug-likeness (QED) is 0.731. The van der Waals surface area contributed by atoms with E-state index < -0.39 is 0 Å². The predicted molar refractivity (Wildman–Crippen MR) is 67.7 cm³/mol. The van der Waals surface area contributed by atoms with Gasteiger partial charge in [0.2, 0.25) is 5.91 Å². The first kappa shape index (κ1) is 11.5. The minimum absolute atomic E-state index is 0.355. The molecule has 2 heterocycles. The topological polar surface area (TPSA) is 23.6 Å². The zero-order chi connectivity index (χ0) is 11.8. The Morgan fingerprint density at radius 1 is 1.12 bits per heavy atom. The van der Waals surface area contributed by atoms with Crippen molar-refractivity contribution in [3.8, 4) is 0 Å². The van der Waals surface area contributed by atoms with Crippen molar-refractivity contribution in [1.29, 1.82) is 0 Å². The maximum Gasteiger partial charge on any atom is 0.223 e. The molecule has 2 saturated heterocycles. The summed E-state index contributed by atoms with van der Waals surface area (Å²) in [4.78, 5) is 16.5. The Bertz CT molecular complexity index is 299. The van der Waals surface area contributed by atoms with Gasteiger partial charge >= 0.3 is 0 Å². The van der Waals surface area contributed by atoms with E-state index in [-0.39, 0.29) is 0 Å². The van der Waals surface area contributed by atoms with Gasteiger partial charge in [-0.2, -0.15) is 0 Å². The van der Waals surface area contributed by atoms with Gasteiger partial charge in [-0.25, -0.2) is 0 Å². The number of hydrogen-bond acceptors (Lipinski definition) is 2. The highest BCUT2D eigenvalue weighted by molar-refractivity contribution is 5.77. The van der Waals surface area contributed by atoms with Gasteiger partial charge in [-0.3, -0.25) is 9.69 Å². The molecule has 3 heteroatoms. The molecule has 1 saturated carbocycles. The lowest BCUT2D eigenvalue weighted by atomic mass is 10.1. The molecule has 1 unspecified atom stereocenters. The number of likely N-dealkylation sites (tertiary alicyclic amines) is 1. The molecule has 2 atom stereocenters. The van der Waals surface area contributed by atoms with Gasteiger partial charge in [-0.05, 0) is 31.6 Å². The van der Waals surface area contributed by atoms with Gasteiger partial charge in [0, 0.05) is 38.6 Å². The van der Waals surface area contributed by atoms with Crippen LogP contribution < -0.4 is 0 Å². The van der Waals surface area contributed by atoms with E-state index in [1.165, 1.54) is 45.1 Å². The normalized spacial score (nSPS) is 35.6. The molecule has 3 rings (SSSR count). The molecule has 0 aromatic carbocycles. The van der Waals surface area contributed by atoms with E-state index in [0.717, 1.165) is 18.9 Å². The smallest absolute Gasteiger partial charge is 0.223 e. The summed E-state index contributed by atoms with van der Waals surface area (Å²) in [6.45, 7) is 2.22. The molecule has 3 nitrogen and oxygen atoms in total. The first-order chi connectivity index (χ1) is 8.24. The summed E-state index contributed by atoms with van der Waals surface area (Å²) in [6.07, 6.45) is 8.99. The van der Waals surface area contributed by atoms with Crippen molar-refractivity contribution in [3.05, 3.63) is 0 Å². The second-order valence-corrected chi connectivity index (χ2v) is 6.21. The fourth-order valence-electron chi connectivity index (χ4n) is 3.99. The number of hydrogen-bond donors (Lipinski definition) is 0. The zero-order valence-corrected chi connectivity index (χ0v) is 10.9. The van der Waals surface area contributed by atoms with Crippen LogP contribution in [0.2, 0.25) is 0 Å². The molecule has 3 aliphatic rings. The van der Waals surface area contributed by atoms with Gasteiger partial charge in [0.1, 0.15) is 0 Å². The standard InChI is InChI=1S/C14H24N2O/c1-15-10-13-7-6-12(8-14(15)17)16(13)9-11-4-2-3-5-11/h11-13H,2-10H2,1H3/t12-,13?/m1/s1. The molecular weight excluding hydrogens is 212 g/mol. The monoisotopic (exact) mass is 236 g/mol. The Balaban J connectivity index is 1.68. The van der Waals surface area contributed by atoms with Gasteiger partial charge in [0.15, 0.2) is 0 Å². The number of nitrogens with zero attached hydrogens (tertiary/aromatic N) is 2. The number of amides is 1. The third-order valence-electron chi connectivity index (χ3n) is 5.04. The largest absolute Gasteiger partial charge is 0.344 e. The molecule has 0 aromatic heterocycles. The van der Waals surface area contributed by atoms with Crippen LogP contribution >= 0.6 is 0 Å². The molecule has 0 aromatic rings. The maximum atomic E-state index is 11.9. The summed E-state index contributed by atoms with van der Waals surface area (Å²) in [5.74, 6) is 1.27. The molecular formula is C14H24N2O. The van der Waals surface area contributed by atoms with Crippen molar-refractivity contribution in [2.75, 3.05) is 20.1 Å². The van der Waals surface area contributed by atoms with Crippen LogP contribution in [0.25, 0.3) is 0 Å². The van der Waals surface area contributed by atoms with Gasteiger partial charge < -0.3 is 4.90 Å². The van der Waals surface area contributed by atoms with Crippen LogP contribution in [0.1, 0.15) is 44.9 Å². The van der Waals surface area contributed by atoms with Gasteiger partial charge in [0.25, 0.3) is 0 Å². The van der Waals surface area contributed by atoms with E-state index in [1.54, 1.807) is 0 Å².